The van der Waals surface area contributed by atoms with E-state index >= 15 is 0 Å². The molecule has 0 radical (unpaired) electrons. The van der Waals surface area contributed by atoms with Crippen LogP contribution in [0.5, 0.6) is 17.2 Å². The summed E-state index contributed by atoms with van der Waals surface area (Å²) in [4.78, 5) is 17.2. The number of aliphatic imine (C=N–C) groups is 1. The summed E-state index contributed by atoms with van der Waals surface area (Å²) < 4.78 is 10.2. The first-order chi connectivity index (χ1) is 13.9. The van der Waals surface area contributed by atoms with Gasteiger partial charge in [-0.15, -0.1) is 0 Å². The molecule has 0 saturated carbocycles. The normalized spacial score (nSPS) is 16.5. The van der Waals surface area contributed by atoms with Gasteiger partial charge in [-0.1, -0.05) is 11.8 Å². The van der Waals surface area contributed by atoms with Crippen LogP contribution in [0.4, 0.5) is 5.69 Å². The van der Waals surface area contributed by atoms with E-state index in [1.807, 2.05) is 0 Å². The number of hydrogen-bond donors (Lipinski definition) is 3. The van der Waals surface area contributed by atoms with Crippen molar-refractivity contribution in [3.8, 4) is 17.2 Å². The van der Waals surface area contributed by atoms with Crippen molar-refractivity contribution in [1.82, 2.24) is 0 Å². The number of phenolic OH excluding ortho intramolecular Hbond substituents is 2. The predicted octanol–water partition coefficient (Wildman–Crippen LogP) is 4.30. The smallest absolute Gasteiger partial charge is 0.344 e. The van der Waals surface area contributed by atoms with E-state index in [0.29, 0.717) is 16.3 Å². The summed E-state index contributed by atoms with van der Waals surface area (Å²) in [5.74, 6) is -0.463. The zero-order valence-electron chi connectivity index (χ0n) is 15.7. The average molecular weight is 413 g/mol. The Bertz CT molecular complexity index is 1020. The van der Waals surface area contributed by atoms with E-state index in [9.17, 15) is 20.1 Å². The maximum atomic E-state index is 12.4. The molecule has 150 valence electrons. The maximum absolute atomic E-state index is 12.4. The second kappa shape index (κ2) is 8.74. The minimum absolute atomic E-state index is 0.0427. The molecule has 0 atom stereocenters. The van der Waals surface area contributed by atoms with Crippen LogP contribution in [-0.2, 0) is 9.53 Å². The van der Waals surface area contributed by atoms with Crippen LogP contribution in [0.1, 0.15) is 12.5 Å². The van der Waals surface area contributed by atoms with Gasteiger partial charge in [0.05, 0.1) is 24.3 Å². The molecule has 1 aliphatic heterocycles. The lowest BCUT2D eigenvalue weighted by Gasteiger charge is -2.04. The molecule has 0 aromatic heterocycles. The standard InChI is InChI=1S/C21H19NO6S/c1-3-28-21(26)18-19(25)17(11-12-10-14(23)6-9-16(12)24)29-20(18)22-13-4-7-15(27-2)8-5-13/h4-11,23-25H,3H2,1-2H3. The zero-order chi connectivity index (χ0) is 21.0. The molecule has 0 amide bonds. The zero-order valence-corrected chi connectivity index (χ0v) is 16.6. The number of rotatable bonds is 5. The van der Waals surface area contributed by atoms with E-state index in [0.717, 1.165) is 11.8 Å². The van der Waals surface area contributed by atoms with E-state index in [1.165, 1.54) is 24.3 Å². The molecule has 0 spiro atoms. The van der Waals surface area contributed by atoms with Crippen LogP contribution in [0.3, 0.4) is 0 Å². The fourth-order valence-corrected chi connectivity index (χ4v) is 3.59. The van der Waals surface area contributed by atoms with Crippen molar-refractivity contribution in [3.05, 3.63) is 64.3 Å². The van der Waals surface area contributed by atoms with Gasteiger partial charge in [-0.05, 0) is 55.5 Å². The number of methoxy groups -OCH3 is 1. The Hall–Kier alpha value is -3.39. The van der Waals surface area contributed by atoms with Crippen LogP contribution in [0, 0.1) is 0 Å². The first-order valence-corrected chi connectivity index (χ1v) is 9.50. The Balaban J connectivity index is 2.05. The van der Waals surface area contributed by atoms with Crippen molar-refractivity contribution >= 4 is 34.5 Å². The number of benzene rings is 2. The van der Waals surface area contributed by atoms with Crippen LogP contribution in [-0.4, -0.2) is 40.0 Å². The highest BCUT2D eigenvalue weighted by Gasteiger charge is 2.33. The Kier molecular flexibility index (Phi) is 6.13. The van der Waals surface area contributed by atoms with E-state index < -0.39 is 5.97 Å². The van der Waals surface area contributed by atoms with E-state index in [-0.39, 0.29) is 40.0 Å². The molecule has 0 fully saturated rings. The number of carbonyl (C=O) groups is 1. The van der Waals surface area contributed by atoms with E-state index in [4.69, 9.17) is 9.47 Å². The predicted molar refractivity (Wildman–Crippen MR) is 112 cm³/mol. The van der Waals surface area contributed by atoms with Crippen molar-refractivity contribution in [3.63, 3.8) is 0 Å². The lowest BCUT2D eigenvalue weighted by atomic mass is 10.1. The number of phenols is 2. The molecule has 0 bridgehead atoms. The quantitative estimate of drug-likeness (QED) is 0.495. The van der Waals surface area contributed by atoms with Crippen LogP contribution in [0.2, 0.25) is 0 Å². The number of thioether (sulfide) groups is 1. The molecule has 0 aliphatic carbocycles. The van der Waals surface area contributed by atoms with Gasteiger partial charge >= 0.3 is 5.97 Å². The molecule has 8 heteroatoms. The van der Waals surface area contributed by atoms with Crippen LogP contribution in [0.15, 0.2) is 63.7 Å². The summed E-state index contributed by atoms with van der Waals surface area (Å²) in [7, 11) is 1.56. The van der Waals surface area contributed by atoms with Gasteiger partial charge in [0, 0.05) is 5.56 Å². The third-order valence-corrected chi connectivity index (χ3v) is 4.99. The Morgan fingerprint density at radius 2 is 1.86 bits per heavy atom. The second-order valence-electron chi connectivity index (χ2n) is 5.91. The average Bonchev–Trinajstić information content (AvgIpc) is 3.00. The van der Waals surface area contributed by atoms with Crippen molar-refractivity contribution in [1.29, 1.82) is 0 Å². The Labute approximate surface area is 171 Å². The first-order valence-electron chi connectivity index (χ1n) is 8.68. The number of aliphatic hydroxyl groups excluding tert-OH is 1. The summed E-state index contributed by atoms with van der Waals surface area (Å²) in [5.41, 5.74) is 0.788. The number of aliphatic hydroxyl groups is 1. The largest absolute Gasteiger partial charge is 0.508 e. The fraction of sp³-hybridized carbons (Fsp3) is 0.143. The summed E-state index contributed by atoms with van der Waals surface area (Å²) in [5, 5.41) is 30.5. The lowest BCUT2D eigenvalue weighted by molar-refractivity contribution is -0.138. The molecule has 2 aromatic carbocycles. The molecule has 0 saturated heterocycles. The molecular weight excluding hydrogens is 394 g/mol. The maximum Gasteiger partial charge on any atom is 0.344 e. The number of hydrogen-bond acceptors (Lipinski definition) is 8. The lowest BCUT2D eigenvalue weighted by Crippen LogP contribution is -2.12. The van der Waals surface area contributed by atoms with Crippen molar-refractivity contribution in [2.24, 2.45) is 4.99 Å². The molecule has 1 aliphatic rings. The molecule has 3 rings (SSSR count). The van der Waals surface area contributed by atoms with Crippen molar-refractivity contribution < 1.29 is 29.6 Å². The Morgan fingerprint density at radius 3 is 2.52 bits per heavy atom. The number of aromatic hydroxyl groups is 2. The molecule has 0 unspecified atom stereocenters. The molecular formula is C21H19NO6S. The number of ether oxygens (including phenoxy) is 2. The summed E-state index contributed by atoms with van der Waals surface area (Å²) in [6, 6.07) is 10.9. The van der Waals surface area contributed by atoms with Gasteiger partial charge in [0.1, 0.15) is 33.6 Å². The van der Waals surface area contributed by atoms with Gasteiger partial charge in [0.15, 0.2) is 0 Å². The highest BCUT2D eigenvalue weighted by atomic mass is 32.2. The molecule has 7 nitrogen and oxygen atoms in total. The molecule has 2 aromatic rings. The topological polar surface area (TPSA) is 109 Å². The number of carbonyl (C=O) groups excluding carboxylic acids is 1. The van der Waals surface area contributed by atoms with E-state index in [2.05, 4.69) is 4.99 Å². The van der Waals surface area contributed by atoms with Crippen molar-refractivity contribution in [2.45, 2.75) is 6.92 Å². The highest BCUT2D eigenvalue weighted by Crippen LogP contribution is 2.41. The Morgan fingerprint density at radius 1 is 1.14 bits per heavy atom. The molecule has 1 heterocycles. The molecule has 29 heavy (non-hydrogen) atoms. The van der Waals surface area contributed by atoms with Gasteiger partial charge in [-0.25, -0.2) is 9.79 Å². The fourth-order valence-electron chi connectivity index (χ4n) is 2.56. The monoisotopic (exact) mass is 413 g/mol. The van der Waals surface area contributed by atoms with Gasteiger partial charge < -0.3 is 24.8 Å². The second-order valence-corrected chi connectivity index (χ2v) is 6.94. The minimum Gasteiger partial charge on any atom is -0.508 e. The summed E-state index contributed by atoms with van der Waals surface area (Å²) >= 11 is 1.06. The van der Waals surface area contributed by atoms with E-state index in [1.54, 1.807) is 38.3 Å². The van der Waals surface area contributed by atoms with Gasteiger partial charge in [-0.2, -0.15) is 0 Å². The van der Waals surface area contributed by atoms with Gasteiger partial charge in [0.2, 0.25) is 0 Å². The molecule has 3 N–H and O–H groups in total. The van der Waals surface area contributed by atoms with Gasteiger partial charge in [-0.3, -0.25) is 0 Å². The number of esters is 1. The highest BCUT2D eigenvalue weighted by molar-refractivity contribution is 8.18. The summed E-state index contributed by atoms with van der Waals surface area (Å²) in [6.45, 7) is 1.81. The van der Waals surface area contributed by atoms with Crippen LogP contribution < -0.4 is 4.74 Å². The number of nitrogens with zero attached hydrogens (tertiary/aromatic N) is 1. The third-order valence-electron chi connectivity index (χ3n) is 3.97. The van der Waals surface area contributed by atoms with Crippen LogP contribution >= 0.6 is 11.8 Å². The van der Waals surface area contributed by atoms with Crippen molar-refractivity contribution in [2.75, 3.05) is 13.7 Å². The summed E-state index contributed by atoms with van der Waals surface area (Å²) in [6.07, 6.45) is 1.46. The van der Waals surface area contributed by atoms with Gasteiger partial charge in [0.25, 0.3) is 0 Å². The van der Waals surface area contributed by atoms with Crippen LogP contribution in [0.25, 0.3) is 6.08 Å². The minimum atomic E-state index is -0.701. The first kappa shape index (κ1) is 20.3. The third kappa shape index (κ3) is 4.55. The SMILES string of the molecule is CCOC(=O)C1=C(O)C(=Cc2cc(O)ccc2O)SC1=Nc1ccc(OC)cc1.